The second kappa shape index (κ2) is 2.19. The van der Waals surface area contributed by atoms with Crippen LogP contribution in [0.3, 0.4) is 0 Å². The lowest BCUT2D eigenvalue weighted by Crippen LogP contribution is -2.15. The van der Waals surface area contributed by atoms with Gasteiger partial charge in [-0.15, -0.1) is 0 Å². The Bertz CT molecular complexity index is 485. The van der Waals surface area contributed by atoms with Crippen LogP contribution in [0.4, 0.5) is 5.69 Å². The predicted octanol–water partition coefficient (Wildman–Crippen LogP) is 1.86. The van der Waals surface area contributed by atoms with E-state index in [0.717, 1.165) is 29.0 Å². The molecule has 2 aromatic rings. The van der Waals surface area contributed by atoms with Crippen LogP contribution >= 0.6 is 0 Å². The van der Waals surface area contributed by atoms with E-state index in [1.54, 1.807) is 0 Å². The van der Waals surface area contributed by atoms with Gasteiger partial charge in [-0.1, -0.05) is 0 Å². The van der Waals surface area contributed by atoms with Crippen LogP contribution in [0.5, 0.6) is 0 Å². The van der Waals surface area contributed by atoms with E-state index in [9.17, 15) is 0 Å². The van der Waals surface area contributed by atoms with E-state index < -0.39 is 0 Å². The van der Waals surface area contributed by atoms with E-state index in [1.807, 2.05) is 25.3 Å². The van der Waals surface area contributed by atoms with Crippen LogP contribution in [0, 0.1) is 6.92 Å². The number of anilines is 1. The molecule has 0 radical (unpaired) electrons. The molecule has 2 aromatic heterocycles. The van der Waals surface area contributed by atoms with Gasteiger partial charge in [0.25, 0.3) is 0 Å². The zero-order valence-corrected chi connectivity index (χ0v) is 7.33. The first kappa shape index (κ1) is 6.83. The molecular weight excluding hydrogens is 162 g/mol. The predicted molar refractivity (Wildman–Crippen MR) is 51.6 cm³/mol. The van der Waals surface area contributed by atoms with Crippen LogP contribution in [0.15, 0.2) is 18.3 Å². The van der Waals surface area contributed by atoms with Crippen molar-refractivity contribution in [2.45, 2.75) is 13.5 Å². The second-order valence-electron chi connectivity index (χ2n) is 3.33. The highest BCUT2D eigenvalue weighted by molar-refractivity contribution is 5.91. The number of pyridine rings is 2. The molecule has 0 saturated heterocycles. The van der Waals surface area contributed by atoms with E-state index in [1.165, 1.54) is 5.56 Å². The average molecular weight is 171 g/mol. The molecule has 0 aromatic carbocycles. The first-order valence-electron chi connectivity index (χ1n) is 4.34. The molecule has 3 rings (SSSR count). The van der Waals surface area contributed by atoms with Gasteiger partial charge in [-0.25, -0.2) is 4.98 Å². The highest BCUT2D eigenvalue weighted by Gasteiger charge is 2.16. The van der Waals surface area contributed by atoms with Crippen molar-refractivity contribution >= 4 is 16.7 Å². The molecule has 0 saturated carbocycles. The summed E-state index contributed by atoms with van der Waals surface area (Å²) in [5.74, 6) is 0. The van der Waals surface area contributed by atoms with Crippen molar-refractivity contribution in [1.29, 1.82) is 0 Å². The maximum Gasteiger partial charge on any atom is 0.112 e. The molecule has 1 aliphatic heterocycles. The van der Waals surface area contributed by atoms with Gasteiger partial charge in [-0.3, -0.25) is 4.98 Å². The van der Waals surface area contributed by atoms with Gasteiger partial charge in [0.2, 0.25) is 0 Å². The molecule has 0 bridgehead atoms. The topological polar surface area (TPSA) is 37.8 Å². The fraction of sp³-hybridized carbons (Fsp3) is 0.200. The third-order valence-corrected chi connectivity index (χ3v) is 2.39. The number of aryl methyl sites for hydroxylation is 1. The van der Waals surface area contributed by atoms with Gasteiger partial charge in [0.05, 0.1) is 11.2 Å². The Morgan fingerprint density at radius 3 is 3.08 bits per heavy atom. The van der Waals surface area contributed by atoms with Crippen LogP contribution < -0.4 is 5.32 Å². The maximum absolute atomic E-state index is 4.46. The number of nitrogens with zero attached hydrogens (tertiary/aromatic N) is 2. The first-order valence-corrected chi connectivity index (χ1v) is 4.34. The Labute approximate surface area is 75.8 Å². The van der Waals surface area contributed by atoms with Gasteiger partial charge < -0.3 is 5.32 Å². The van der Waals surface area contributed by atoms with E-state index in [2.05, 4.69) is 15.3 Å². The molecule has 1 N–H and O–H groups in total. The Kier molecular flexibility index (Phi) is 1.15. The number of fused-ring (bicyclic) bond motifs is 3. The van der Waals surface area contributed by atoms with Gasteiger partial charge in [-0.2, -0.15) is 0 Å². The van der Waals surface area contributed by atoms with Crippen molar-refractivity contribution in [3.63, 3.8) is 0 Å². The van der Waals surface area contributed by atoms with Crippen molar-refractivity contribution in [3.8, 4) is 0 Å². The highest BCUT2D eigenvalue weighted by atomic mass is 15.0. The molecule has 13 heavy (non-hydrogen) atoms. The van der Waals surface area contributed by atoms with E-state index in [0.29, 0.717) is 0 Å². The molecule has 3 heterocycles. The standard InChI is InChI=1S/C10H9N3/c1-6-2-3-8-10(13-6)9-7(4-11-8)5-12-9/h2-4,12H,5H2,1H3. The Hall–Kier alpha value is -1.64. The van der Waals surface area contributed by atoms with Gasteiger partial charge in [-0.05, 0) is 19.1 Å². The number of hydrogen-bond donors (Lipinski definition) is 1. The third kappa shape index (κ3) is 0.840. The summed E-state index contributed by atoms with van der Waals surface area (Å²) in [6, 6.07) is 4.00. The minimum atomic E-state index is 0.924. The van der Waals surface area contributed by atoms with Gasteiger partial charge in [0.1, 0.15) is 5.52 Å². The Balaban J connectivity index is 2.45. The minimum absolute atomic E-state index is 0.924. The monoisotopic (exact) mass is 171 g/mol. The second-order valence-corrected chi connectivity index (χ2v) is 3.33. The summed E-state index contributed by atoms with van der Waals surface area (Å²) in [7, 11) is 0. The number of nitrogens with one attached hydrogen (secondary N) is 1. The molecule has 0 spiro atoms. The first-order chi connectivity index (χ1) is 6.34. The SMILES string of the molecule is Cc1ccc2ncc3c(c2n1)NC3. The summed E-state index contributed by atoms with van der Waals surface area (Å²) in [6.45, 7) is 2.92. The summed E-state index contributed by atoms with van der Waals surface area (Å²) in [4.78, 5) is 8.79. The van der Waals surface area contributed by atoms with E-state index in [4.69, 9.17) is 0 Å². The lowest BCUT2D eigenvalue weighted by atomic mass is 10.1. The molecule has 0 amide bonds. The van der Waals surface area contributed by atoms with Crippen LogP contribution in [0.25, 0.3) is 11.0 Å². The normalized spacial score (nSPS) is 13.3. The van der Waals surface area contributed by atoms with Crippen molar-refractivity contribution in [2.24, 2.45) is 0 Å². The summed E-state index contributed by atoms with van der Waals surface area (Å²) in [5, 5.41) is 3.26. The summed E-state index contributed by atoms with van der Waals surface area (Å²) >= 11 is 0. The summed E-state index contributed by atoms with van der Waals surface area (Å²) in [6.07, 6.45) is 1.92. The largest absolute Gasteiger partial charge is 0.379 e. The zero-order valence-electron chi connectivity index (χ0n) is 7.33. The van der Waals surface area contributed by atoms with Crippen LogP contribution in [0.2, 0.25) is 0 Å². The van der Waals surface area contributed by atoms with Gasteiger partial charge >= 0.3 is 0 Å². The molecule has 0 fully saturated rings. The molecule has 1 aliphatic rings. The number of aromatic nitrogens is 2. The van der Waals surface area contributed by atoms with Gasteiger partial charge in [0, 0.05) is 24.0 Å². The van der Waals surface area contributed by atoms with Crippen LogP contribution in [0.1, 0.15) is 11.3 Å². The quantitative estimate of drug-likeness (QED) is 0.657. The average Bonchev–Trinajstić information content (AvgIpc) is 2.05. The van der Waals surface area contributed by atoms with Crippen molar-refractivity contribution < 1.29 is 0 Å². The van der Waals surface area contributed by atoms with Crippen molar-refractivity contribution in [1.82, 2.24) is 9.97 Å². The lowest BCUT2D eigenvalue weighted by Gasteiger charge is -2.21. The maximum atomic E-state index is 4.46. The number of hydrogen-bond acceptors (Lipinski definition) is 3. The summed E-state index contributed by atoms with van der Waals surface area (Å²) in [5.41, 5.74) is 5.44. The third-order valence-electron chi connectivity index (χ3n) is 2.39. The highest BCUT2D eigenvalue weighted by Crippen LogP contribution is 2.31. The minimum Gasteiger partial charge on any atom is -0.379 e. The zero-order chi connectivity index (χ0) is 8.84. The Morgan fingerprint density at radius 1 is 1.38 bits per heavy atom. The van der Waals surface area contributed by atoms with Crippen LogP contribution in [-0.4, -0.2) is 9.97 Å². The van der Waals surface area contributed by atoms with E-state index in [-0.39, 0.29) is 0 Å². The summed E-state index contributed by atoms with van der Waals surface area (Å²) < 4.78 is 0. The molecule has 0 aliphatic carbocycles. The molecule has 3 heteroatoms. The fourth-order valence-corrected chi connectivity index (χ4v) is 1.61. The van der Waals surface area contributed by atoms with E-state index >= 15 is 0 Å². The molecular formula is C10H9N3. The molecule has 0 atom stereocenters. The lowest BCUT2D eigenvalue weighted by molar-refractivity contribution is 1.03. The molecule has 0 unspecified atom stereocenters. The smallest absolute Gasteiger partial charge is 0.112 e. The Morgan fingerprint density at radius 2 is 2.31 bits per heavy atom. The van der Waals surface area contributed by atoms with Crippen LogP contribution in [-0.2, 0) is 6.54 Å². The molecule has 3 nitrogen and oxygen atoms in total. The number of rotatable bonds is 0. The molecule has 64 valence electrons. The fourth-order valence-electron chi connectivity index (χ4n) is 1.61. The van der Waals surface area contributed by atoms with Crippen molar-refractivity contribution in [3.05, 3.63) is 29.6 Å². The van der Waals surface area contributed by atoms with Crippen molar-refractivity contribution in [2.75, 3.05) is 5.32 Å². The van der Waals surface area contributed by atoms with Gasteiger partial charge in [0.15, 0.2) is 0 Å².